The van der Waals surface area contributed by atoms with Crippen LogP contribution >= 0.6 is 11.3 Å². The van der Waals surface area contributed by atoms with Crippen LogP contribution in [-0.4, -0.2) is 21.2 Å². The number of thiophene rings is 1. The molecule has 1 aliphatic carbocycles. The smallest absolute Gasteiger partial charge is 0.277 e. The molecule has 24 heavy (non-hydrogen) atoms. The first kappa shape index (κ1) is 15.6. The quantitative estimate of drug-likeness (QED) is 0.862. The topological polar surface area (TPSA) is 61.9 Å². The second kappa shape index (κ2) is 5.83. The van der Waals surface area contributed by atoms with Crippen LogP contribution in [0.25, 0.3) is 0 Å². The van der Waals surface area contributed by atoms with Crippen molar-refractivity contribution in [1.82, 2.24) is 14.7 Å². The van der Waals surface area contributed by atoms with Crippen molar-refractivity contribution in [2.45, 2.75) is 45.8 Å². The van der Waals surface area contributed by atoms with Crippen molar-refractivity contribution in [3.63, 3.8) is 0 Å². The van der Waals surface area contributed by atoms with Crippen LogP contribution in [0.3, 0.4) is 0 Å². The third kappa shape index (κ3) is 2.48. The Bertz CT molecular complexity index is 887. The third-order valence-corrected chi connectivity index (χ3v) is 6.25. The number of hydrogen-bond donors (Lipinski definition) is 0. The van der Waals surface area contributed by atoms with Gasteiger partial charge in [-0.25, -0.2) is 4.68 Å². The van der Waals surface area contributed by atoms with Gasteiger partial charge in [0.15, 0.2) is 0 Å². The second-order valence-corrected chi connectivity index (χ2v) is 7.79. The molecule has 2 aromatic rings. The summed E-state index contributed by atoms with van der Waals surface area (Å²) in [6.45, 7) is 5.05. The van der Waals surface area contributed by atoms with Crippen molar-refractivity contribution in [2.24, 2.45) is 5.92 Å². The lowest BCUT2D eigenvalue weighted by Gasteiger charge is -2.36. The standard InChI is InChI=1S/C18H20N4OS/c1-11-12(2)20-22(18(23)15(11)9-19)10-21-7-5-16-14(6-8-24-16)17(21)13-3-4-13/h6,8,13,17H,3-5,7,10H2,1-2H3/t17-/m1/s1. The first-order chi connectivity index (χ1) is 11.6. The number of rotatable bonds is 3. The summed E-state index contributed by atoms with van der Waals surface area (Å²) in [6, 6.07) is 4.68. The predicted molar refractivity (Wildman–Crippen MR) is 92.9 cm³/mol. The van der Waals surface area contributed by atoms with Gasteiger partial charge in [0, 0.05) is 17.5 Å². The summed E-state index contributed by atoms with van der Waals surface area (Å²) >= 11 is 1.84. The maximum atomic E-state index is 12.6. The van der Waals surface area contributed by atoms with Crippen molar-refractivity contribution in [1.29, 1.82) is 5.26 Å². The third-order valence-electron chi connectivity index (χ3n) is 5.25. The van der Waals surface area contributed by atoms with E-state index >= 15 is 0 Å². The number of nitriles is 1. The Morgan fingerprint density at radius 3 is 2.92 bits per heavy atom. The fourth-order valence-corrected chi connectivity index (χ4v) is 4.61. The van der Waals surface area contributed by atoms with Crippen LogP contribution in [0.2, 0.25) is 0 Å². The summed E-state index contributed by atoms with van der Waals surface area (Å²) < 4.78 is 1.48. The molecule has 0 aromatic carbocycles. The molecule has 124 valence electrons. The van der Waals surface area contributed by atoms with Gasteiger partial charge >= 0.3 is 0 Å². The van der Waals surface area contributed by atoms with E-state index in [4.69, 9.17) is 0 Å². The minimum Gasteiger partial charge on any atom is -0.277 e. The van der Waals surface area contributed by atoms with Crippen LogP contribution in [0.1, 0.15) is 46.1 Å². The Balaban J connectivity index is 1.70. The average molecular weight is 340 g/mol. The zero-order valence-corrected chi connectivity index (χ0v) is 14.8. The number of hydrogen-bond acceptors (Lipinski definition) is 5. The molecule has 0 N–H and O–H groups in total. The first-order valence-electron chi connectivity index (χ1n) is 8.39. The number of nitrogens with zero attached hydrogens (tertiary/aromatic N) is 4. The van der Waals surface area contributed by atoms with E-state index < -0.39 is 0 Å². The molecular weight excluding hydrogens is 320 g/mol. The van der Waals surface area contributed by atoms with E-state index in [9.17, 15) is 10.1 Å². The van der Waals surface area contributed by atoms with E-state index in [1.54, 1.807) is 6.92 Å². The lowest BCUT2D eigenvalue weighted by atomic mass is 9.96. The molecule has 1 atom stereocenters. The van der Waals surface area contributed by atoms with Crippen molar-refractivity contribution < 1.29 is 0 Å². The van der Waals surface area contributed by atoms with Gasteiger partial charge in [-0.2, -0.15) is 10.4 Å². The highest BCUT2D eigenvalue weighted by Gasteiger charge is 2.40. The zero-order valence-electron chi connectivity index (χ0n) is 14.0. The number of aromatic nitrogens is 2. The van der Waals surface area contributed by atoms with Crippen LogP contribution in [-0.2, 0) is 13.1 Å². The Kier molecular flexibility index (Phi) is 3.78. The molecule has 1 saturated carbocycles. The Labute approximate surface area is 145 Å². The molecular formula is C18H20N4OS. The Morgan fingerprint density at radius 1 is 1.42 bits per heavy atom. The van der Waals surface area contributed by atoms with Crippen molar-refractivity contribution in [3.05, 3.63) is 49.1 Å². The summed E-state index contributed by atoms with van der Waals surface area (Å²) in [5.74, 6) is 0.691. The van der Waals surface area contributed by atoms with Gasteiger partial charge in [-0.05, 0) is 61.6 Å². The molecule has 0 unspecified atom stereocenters. The van der Waals surface area contributed by atoms with E-state index in [2.05, 4.69) is 21.4 Å². The molecule has 0 saturated heterocycles. The highest BCUT2D eigenvalue weighted by molar-refractivity contribution is 7.10. The Hall–Kier alpha value is -1.97. The molecule has 1 fully saturated rings. The molecule has 5 nitrogen and oxygen atoms in total. The highest BCUT2D eigenvalue weighted by atomic mass is 32.1. The van der Waals surface area contributed by atoms with Crippen LogP contribution < -0.4 is 5.56 Å². The van der Waals surface area contributed by atoms with E-state index in [0.717, 1.165) is 18.7 Å². The maximum Gasteiger partial charge on any atom is 0.286 e. The van der Waals surface area contributed by atoms with Crippen molar-refractivity contribution in [3.8, 4) is 6.07 Å². The van der Waals surface area contributed by atoms with Crippen LogP contribution in [0, 0.1) is 31.1 Å². The lowest BCUT2D eigenvalue weighted by Crippen LogP contribution is -2.41. The van der Waals surface area contributed by atoms with E-state index in [1.807, 2.05) is 24.3 Å². The molecule has 0 bridgehead atoms. The van der Waals surface area contributed by atoms with Crippen LogP contribution in [0.4, 0.5) is 0 Å². The molecule has 6 heteroatoms. The summed E-state index contributed by atoms with van der Waals surface area (Å²) in [4.78, 5) is 16.4. The molecule has 2 aliphatic rings. The summed E-state index contributed by atoms with van der Waals surface area (Å²) in [7, 11) is 0. The van der Waals surface area contributed by atoms with E-state index in [-0.39, 0.29) is 11.1 Å². The fourth-order valence-electron chi connectivity index (χ4n) is 3.69. The predicted octanol–water partition coefficient (Wildman–Crippen LogP) is 2.76. The fraction of sp³-hybridized carbons (Fsp3) is 0.500. The SMILES string of the molecule is Cc1nn(CN2CCc3sccc3[C@H]2C2CC2)c(=O)c(C#N)c1C. The van der Waals surface area contributed by atoms with Crippen LogP contribution in [0.15, 0.2) is 16.2 Å². The number of aryl methyl sites for hydroxylation is 1. The molecule has 2 aromatic heterocycles. The molecule has 0 spiro atoms. The zero-order chi connectivity index (χ0) is 16.8. The van der Waals surface area contributed by atoms with Gasteiger partial charge in [-0.3, -0.25) is 9.69 Å². The summed E-state index contributed by atoms with van der Waals surface area (Å²) in [5, 5.41) is 15.9. The minimum absolute atomic E-state index is 0.221. The van der Waals surface area contributed by atoms with E-state index in [0.29, 0.717) is 24.2 Å². The second-order valence-electron chi connectivity index (χ2n) is 6.79. The highest BCUT2D eigenvalue weighted by Crippen LogP contribution is 2.48. The molecule has 1 aliphatic heterocycles. The average Bonchev–Trinajstić information content (AvgIpc) is 3.29. The van der Waals surface area contributed by atoms with E-state index in [1.165, 1.54) is 28.0 Å². The number of fused-ring (bicyclic) bond motifs is 1. The normalized spacial score (nSPS) is 20.6. The molecule has 0 radical (unpaired) electrons. The van der Waals surface area contributed by atoms with Gasteiger partial charge in [0.25, 0.3) is 5.56 Å². The summed E-state index contributed by atoms with van der Waals surface area (Å²) in [6.07, 6.45) is 3.55. The maximum absolute atomic E-state index is 12.6. The van der Waals surface area contributed by atoms with Gasteiger partial charge in [-0.1, -0.05) is 0 Å². The van der Waals surface area contributed by atoms with Gasteiger partial charge in [-0.15, -0.1) is 11.3 Å². The van der Waals surface area contributed by atoms with Gasteiger partial charge in [0.2, 0.25) is 0 Å². The molecule has 4 rings (SSSR count). The molecule has 3 heterocycles. The summed E-state index contributed by atoms with van der Waals surface area (Å²) in [5.41, 5.74) is 2.83. The van der Waals surface area contributed by atoms with Crippen LogP contribution in [0.5, 0.6) is 0 Å². The Morgan fingerprint density at radius 2 is 2.21 bits per heavy atom. The minimum atomic E-state index is -0.272. The lowest BCUT2D eigenvalue weighted by molar-refractivity contribution is 0.115. The monoisotopic (exact) mass is 340 g/mol. The van der Waals surface area contributed by atoms with Crippen molar-refractivity contribution >= 4 is 11.3 Å². The first-order valence-corrected chi connectivity index (χ1v) is 9.27. The van der Waals surface area contributed by atoms with Gasteiger partial charge in [0.05, 0.1) is 12.4 Å². The van der Waals surface area contributed by atoms with Gasteiger partial charge in [0.1, 0.15) is 11.6 Å². The molecule has 0 amide bonds. The largest absolute Gasteiger partial charge is 0.286 e. The van der Waals surface area contributed by atoms with Gasteiger partial charge < -0.3 is 0 Å². The van der Waals surface area contributed by atoms with Crippen molar-refractivity contribution in [2.75, 3.05) is 6.54 Å².